The maximum Gasteiger partial charge on any atom is 0.196 e. The molecule has 2 rings (SSSR count). The van der Waals surface area contributed by atoms with E-state index in [0.717, 1.165) is 10.6 Å². The Morgan fingerprint density at radius 1 is 1.05 bits per heavy atom. The molecule has 0 aromatic heterocycles. The number of benzene rings is 2. The van der Waals surface area contributed by atoms with Gasteiger partial charge in [-0.05, 0) is 48.6 Å². The van der Waals surface area contributed by atoms with Gasteiger partial charge in [-0.15, -0.1) is 11.8 Å². The predicted octanol–water partition coefficient (Wildman–Crippen LogP) is 4.62. The summed E-state index contributed by atoms with van der Waals surface area (Å²) in [6.07, 6.45) is 0. The maximum absolute atomic E-state index is 13.8. The Morgan fingerprint density at radius 2 is 1.70 bits per heavy atom. The summed E-state index contributed by atoms with van der Waals surface area (Å²) < 4.78 is 27.3. The molecule has 2 aromatic carbocycles. The van der Waals surface area contributed by atoms with Gasteiger partial charge in [0, 0.05) is 10.5 Å². The number of hydrogen-bond acceptors (Lipinski definition) is 2. The molecule has 4 heteroatoms. The third kappa shape index (κ3) is 2.90. The molecule has 0 unspecified atom stereocenters. The molecule has 0 N–H and O–H groups in total. The van der Waals surface area contributed by atoms with Gasteiger partial charge in [-0.25, -0.2) is 8.78 Å². The van der Waals surface area contributed by atoms with Crippen molar-refractivity contribution in [3.8, 4) is 0 Å². The summed E-state index contributed by atoms with van der Waals surface area (Å²) in [4.78, 5) is 13.2. The van der Waals surface area contributed by atoms with Gasteiger partial charge in [-0.1, -0.05) is 13.0 Å². The van der Waals surface area contributed by atoms with E-state index >= 15 is 0 Å². The number of ketones is 1. The smallest absolute Gasteiger partial charge is 0.196 e. The molecule has 0 atom stereocenters. The maximum atomic E-state index is 13.8. The van der Waals surface area contributed by atoms with Gasteiger partial charge >= 0.3 is 0 Å². The lowest BCUT2D eigenvalue weighted by Gasteiger charge is -2.06. The summed E-state index contributed by atoms with van der Waals surface area (Å²) in [6, 6.07) is 9.63. The van der Waals surface area contributed by atoms with Crippen LogP contribution in [0.4, 0.5) is 8.78 Å². The molecular weight excluding hydrogens is 278 g/mol. The van der Waals surface area contributed by atoms with Gasteiger partial charge in [0.15, 0.2) is 17.4 Å². The third-order valence-corrected chi connectivity index (χ3v) is 3.84. The molecule has 0 aliphatic rings. The number of thioether (sulfide) groups is 1. The number of rotatable bonds is 4. The molecule has 0 saturated heterocycles. The first-order valence-corrected chi connectivity index (χ1v) is 7.25. The number of hydrogen-bond donors (Lipinski definition) is 0. The third-order valence-electron chi connectivity index (χ3n) is 2.95. The molecule has 0 spiro atoms. The lowest BCUT2D eigenvalue weighted by atomic mass is 10.0. The molecule has 0 amide bonds. The highest BCUT2D eigenvalue weighted by atomic mass is 32.2. The number of carbonyl (C=O) groups excluding carboxylic acids is 1. The van der Waals surface area contributed by atoms with E-state index in [9.17, 15) is 13.6 Å². The lowest BCUT2D eigenvalue weighted by molar-refractivity contribution is 0.103. The number of carbonyl (C=O) groups is 1. The lowest BCUT2D eigenvalue weighted by Crippen LogP contribution is -2.06. The number of aryl methyl sites for hydroxylation is 1. The van der Waals surface area contributed by atoms with Crippen LogP contribution >= 0.6 is 11.8 Å². The summed E-state index contributed by atoms with van der Waals surface area (Å²) >= 11 is 1.65. The Labute approximate surface area is 121 Å². The summed E-state index contributed by atoms with van der Waals surface area (Å²) in [5.41, 5.74) is 0.311. The Hall–Kier alpha value is -1.68. The fourth-order valence-electron chi connectivity index (χ4n) is 1.85. The van der Waals surface area contributed by atoms with E-state index in [1.54, 1.807) is 23.9 Å². The highest BCUT2D eigenvalue weighted by Gasteiger charge is 2.18. The van der Waals surface area contributed by atoms with Crippen molar-refractivity contribution < 1.29 is 13.6 Å². The molecule has 20 heavy (non-hydrogen) atoms. The summed E-state index contributed by atoms with van der Waals surface area (Å²) in [5.74, 6) is -1.61. The van der Waals surface area contributed by atoms with Crippen molar-refractivity contribution >= 4 is 17.5 Å². The molecule has 0 saturated carbocycles. The molecular formula is C16H14F2OS. The van der Waals surface area contributed by atoms with Gasteiger partial charge in [0.05, 0.1) is 5.56 Å². The first-order valence-electron chi connectivity index (χ1n) is 6.26. The van der Waals surface area contributed by atoms with Crippen molar-refractivity contribution in [3.05, 3.63) is 64.7 Å². The highest BCUT2D eigenvalue weighted by Crippen LogP contribution is 2.22. The first-order chi connectivity index (χ1) is 9.54. The zero-order valence-corrected chi connectivity index (χ0v) is 12.1. The zero-order chi connectivity index (χ0) is 14.7. The monoisotopic (exact) mass is 292 g/mol. The second-order valence-corrected chi connectivity index (χ2v) is 5.68. The molecule has 0 radical (unpaired) electrons. The van der Waals surface area contributed by atoms with Gasteiger partial charge < -0.3 is 0 Å². The Morgan fingerprint density at radius 3 is 2.30 bits per heavy atom. The average Bonchev–Trinajstić information content (AvgIpc) is 2.45. The quantitative estimate of drug-likeness (QED) is 0.604. The highest BCUT2D eigenvalue weighted by molar-refractivity contribution is 7.99. The van der Waals surface area contributed by atoms with Crippen molar-refractivity contribution in [1.29, 1.82) is 0 Å². The Bertz CT molecular complexity index is 636. The largest absolute Gasteiger partial charge is 0.288 e. The molecule has 0 heterocycles. The van der Waals surface area contributed by atoms with E-state index in [0.29, 0.717) is 5.56 Å². The fourth-order valence-corrected chi connectivity index (χ4v) is 2.51. The van der Waals surface area contributed by atoms with E-state index in [4.69, 9.17) is 0 Å². The Kier molecular flexibility index (Phi) is 4.55. The first kappa shape index (κ1) is 14.7. The molecule has 0 aliphatic heterocycles. The minimum Gasteiger partial charge on any atom is -0.288 e. The molecule has 0 fully saturated rings. The second kappa shape index (κ2) is 6.18. The van der Waals surface area contributed by atoms with Gasteiger partial charge in [0.25, 0.3) is 0 Å². The molecule has 0 bridgehead atoms. The van der Waals surface area contributed by atoms with Crippen LogP contribution in [0, 0.1) is 18.6 Å². The second-order valence-electron chi connectivity index (χ2n) is 4.34. The van der Waals surface area contributed by atoms with Crippen LogP contribution in [0.25, 0.3) is 0 Å². The summed E-state index contributed by atoms with van der Waals surface area (Å²) in [6.45, 7) is 3.50. The van der Waals surface area contributed by atoms with Crippen LogP contribution in [-0.4, -0.2) is 11.5 Å². The van der Waals surface area contributed by atoms with Crippen molar-refractivity contribution in [3.63, 3.8) is 0 Å². The molecule has 0 aliphatic carbocycles. The minimum absolute atomic E-state index is 0.189. The molecule has 2 aromatic rings. The average molecular weight is 292 g/mol. The van der Waals surface area contributed by atoms with Crippen LogP contribution in [0.5, 0.6) is 0 Å². The van der Waals surface area contributed by atoms with Gasteiger partial charge in [-0.3, -0.25) is 4.79 Å². The van der Waals surface area contributed by atoms with E-state index in [1.807, 2.05) is 19.1 Å². The van der Waals surface area contributed by atoms with Crippen LogP contribution in [0.1, 0.15) is 28.4 Å². The van der Waals surface area contributed by atoms with Crippen molar-refractivity contribution in [2.45, 2.75) is 18.7 Å². The van der Waals surface area contributed by atoms with Gasteiger partial charge in [-0.2, -0.15) is 0 Å². The standard InChI is InChI=1S/C16H14F2OS/c1-3-20-12-7-5-11(6-8-12)16(19)13-9-4-10(2)14(17)15(13)18/h4-9H,3H2,1-2H3. The van der Waals surface area contributed by atoms with Crippen LogP contribution < -0.4 is 0 Å². The van der Waals surface area contributed by atoms with Crippen molar-refractivity contribution in [1.82, 2.24) is 0 Å². The SMILES string of the molecule is CCSc1ccc(C(=O)c2ccc(C)c(F)c2F)cc1. The van der Waals surface area contributed by atoms with Crippen molar-refractivity contribution in [2.24, 2.45) is 0 Å². The predicted molar refractivity (Wildman–Crippen MR) is 77.4 cm³/mol. The van der Waals surface area contributed by atoms with Crippen LogP contribution in [0.15, 0.2) is 41.3 Å². The van der Waals surface area contributed by atoms with Gasteiger partial charge in [0.1, 0.15) is 0 Å². The number of halogens is 2. The zero-order valence-electron chi connectivity index (χ0n) is 11.2. The Balaban J connectivity index is 2.34. The summed E-state index contributed by atoms with van der Waals surface area (Å²) in [7, 11) is 0. The summed E-state index contributed by atoms with van der Waals surface area (Å²) in [5, 5.41) is 0. The van der Waals surface area contributed by atoms with E-state index in [2.05, 4.69) is 0 Å². The van der Waals surface area contributed by atoms with Crippen LogP contribution in [0.2, 0.25) is 0 Å². The van der Waals surface area contributed by atoms with E-state index < -0.39 is 17.4 Å². The molecule has 104 valence electrons. The minimum atomic E-state index is -1.08. The van der Waals surface area contributed by atoms with Crippen molar-refractivity contribution in [2.75, 3.05) is 5.75 Å². The normalized spacial score (nSPS) is 10.6. The van der Waals surface area contributed by atoms with E-state index in [1.165, 1.54) is 19.1 Å². The topological polar surface area (TPSA) is 17.1 Å². The fraction of sp³-hybridized carbons (Fsp3) is 0.188. The van der Waals surface area contributed by atoms with Gasteiger partial charge in [0.2, 0.25) is 0 Å². The van der Waals surface area contributed by atoms with Crippen LogP contribution in [0.3, 0.4) is 0 Å². The van der Waals surface area contributed by atoms with E-state index in [-0.39, 0.29) is 11.1 Å². The molecule has 1 nitrogen and oxygen atoms in total. The van der Waals surface area contributed by atoms with Crippen LogP contribution in [-0.2, 0) is 0 Å².